The average molecular weight is 373 g/mol. The van der Waals surface area contributed by atoms with Crippen molar-refractivity contribution in [1.82, 2.24) is 9.62 Å². The zero-order valence-electron chi connectivity index (χ0n) is 15.7. The van der Waals surface area contributed by atoms with Crippen LogP contribution < -0.4 is 4.72 Å². The van der Waals surface area contributed by atoms with Gasteiger partial charge in [0.25, 0.3) is 0 Å². The summed E-state index contributed by atoms with van der Waals surface area (Å²) in [4.78, 5) is 2.20. The number of hydrogen-bond acceptors (Lipinski definition) is 3. The average Bonchev–Trinajstić information content (AvgIpc) is 2.62. The molecule has 1 N–H and O–H groups in total. The number of rotatable bonds is 5. The van der Waals surface area contributed by atoms with E-state index in [1.807, 2.05) is 25.2 Å². The Labute approximate surface area is 157 Å². The molecule has 0 unspecified atom stereocenters. The number of likely N-dealkylation sites (N-methyl/N-ethyl adjacent to an activating group) is 1. The first-order valence-corrected chi connectivity index (χ1v) is 10.8. The molecule has 0 amide bonds. The fourth-order valence-electron chi connectivity index (χ4n) is 3.53. The monoisotopic (exact) mass is 372 g/mol. The molecule has 5 heteroatoms. The summed E-state index contributed by atoms with van der Waals surface area (Å²) in [5.41, 5.74) is 3.58. The highest BCUT2D eigenvalue weighted by Crippen LogP contribution is 2.30. The van der Waals surface area contributed by atoms with Crippen molar-refractivity contribution >= 4 is 10.0 Å². The van der Waals surface area contributed by atoms with Crippen LogP contribution in [0.2, 0.25) is 0 Å². The normalized spacial score (nSPS) is 21.8. The minimum absolute atomic E-state index is 0.0938. The molecule has 1 aliphatic heterocycles. The van der Waals surface area contributed by atoms with Crippen LogP contribution in [0.25, 0.3) is 11.1 Å². The molecule has 1 aliphatic rings. The fourth-order valence-corrected chi connectivity index (χ4v) is 4.47. The van der Waals surface area contributed by atoms with Crippen LogP contribution in [0.15, 0.2) is 54.6 Å². The summed E-state index contributed by atoms with van der Waals surface area (Å²) in [6.07, 6.45) is 0.951. The molecule has 0 bridgehead atoms. The van der Waals surface area contributed by atoms with E-state index >= 15 is 0 Å². The summed E-state index contributed by atoms with van der Waals surface area (Å²) in [6.45, 7) is 5.15. The molecule has 26 heavy (non-hydrogen) atoms. The molecular formula is C21H28N2O2S. The Morgan fingerprint density at radius 2 is 1.62 bits per heavy atom. The zero-order chi connectivity index (χ0) is 18.7. The minimum atomic E-state index is -3.29. The second kappa shape index (κ2) is 7.91. The summed E-state index contributed by atoms with van der Waals surface area (Å²) >= 11 is 0. The molecule has 3 rings (SSSR count). The molecule has 0 spiro atoms. The molecule has 2 aromatic rings. The first kappa shape index (κ1) is 19.1. The molecule has 1 heterocycles. The third-order valence-corrected chi connectivity index (χ3v) is 7.07. The number of nitrogens with zero attached hydrogens (tertiary/aromatic N) is 1. The van der Waals surface area contributed by atoms with E-state index < -0.39 is 15.3 Å². The van der Waals surface area contributed by atoms with Crippen molar-refractivity contribution in [1.29, 1.82) is 0 Å². The SMILES string of the molecule is CC(C)S(=O)(=O)N[C@H]1CN(C)CC[C@H]1c1ccc(-c2ccccc2)cc1. The largest absolute Gasteiger partial charge is 0.305 e. The van der Waals surface area contributed by atoms with Gasteiger partial charge in [0.15, 0.2) is 0 Å². The first-order chi connectivity index (χ1) is 12.4. The molecule has 2 atom stereocenters. The maximum Gasteiger partial charge on any atom is 0.214 e. The zero-order valence-corrected chi connectivity index (χ0v) is 16.5. The van der Waals surface area contributed by atoms with E-state index in [2.05, 4.69) is 46.0 Å². The van der Waals surface area contributed by atoms with Crippen LogP contribution in [-0.2, 0) is 10.0 Å². The lowest BCUT2D eigenvalue weighted by Gasteiger charge is -2.37. The van der Waals surface area contributed by atoms with Gasteiger partial charge in [0.05, 0.1) is 5.25 Å². The molecule has 2 aromatic carbocycles. The van der Waals surface area contributed by atoms with E-state index in [4.69, 9.17) is 0 Å². The number of benzene rings is 2. The van der Waals surface area contributed by atoms with Gasteiger partial charge in [-0.05, 0) is 50.6 Å². The maximum absolute atomic E-state index is 12.4. The summed E-state index contributed by atoms with van der Waals surface area (Å²) in [7, 11) is -1.24. The quantitative estimate of drug-likeness (QED) is 0.874. The highest BCUT2D eigenvalue weighted by molar-refractivity contribution is 7.90. The third-order valence-electron chi connectivity index (χ3n) is 5.20. The van der Waals surface area contributed by atoms with Gasteiger partial charge in [-0.3, -0.25) is 0 Å². The van der Waals surface area contributed by atoms with Gasteiger partial charge in [-0.2, -0.15) is 0 Å². The van der Waals surface area contributed by atoms with Crippen LogP contribution in [0.3, 0.4) is 0 Å². The van der Waals surface area contributed by atoms with Gasteiger partial charge in [-0.25, -0.2) is 13.1 Å². The van der Waals surface area contributed by atoms with Crippen molar-refractivity contribution in [2.75, 3.05) is 20.1 Å². The topological polar surface area (TPSA) is 49.4 Å². The number of hydrogen-bond donors (Lipinski definition) is 1. The highest BCUT2D eigenvalue weighted by atomic mass is 32.2. The summed E-state index contributed by atoms with van der Waals surface area (Å²) in [5.74, 6) is 0.199. The van der Waals surface area contributed by atoms with Crippen molar-refractivity contribution in [2.45, 2.75) is 37.5 Å². The second-order valence-electron chi connectivity index (χ2n) is 7.46. The Balaban J connectivity index is 1.83. The predicted octanol–water partition coefficient (Wildman–Crippen LogP) is 3.47. The molecular weight excluding hydrogens is 344 g/mol. The molecule has 1 saturated heterocycles. The number of nitrogens with one attached hydrogen (secondary N) is 1. The lowest BCUT2D eigenvalue weighted by atomic mass is 9.85. The summed E-state index contributed by atoms with van der Waals surface area (Å²) in [6, 6.07) is 18.8. The van der Waals surface area contributed by atoms with Crippen LogP contribution in [-0.4, -0.2) is 44.7 Å². The number of piperidine rings is 1. The Morgan fingerprint density at radius 1 is 1.00 bits per heavy atom. The van der Waals surface area contributed by atoms with E-state index in [0.717, 1.165) is 19.5 Å². The third kappa shape index (κ3) is 4.34. The summed E-state index contributed by atoms with van der Waals surface area (Å²) < 4.78 is 27.7. The Bertz CT molecular complexity index is 817. The van der Waals surface area contributed by atoms with E-state index in [1.54, 1.807) is 13.8 Å². The van der Waals surface area contributed by atoms with E-state index in [0.29, 0.717) is 0 Å². The van der Waals surface area contributed by atoms with Crippen LogP contribution in [0.1, 0.15) is 31.7 Å². The molecule has 140 valence electrons. The van der Waals surface area contributed by atoms with Crippen LogP contribution in [0.4, 0.5) is 0 Å². The van der Waals surface area contributed by atoms with E-state index in [1.165, 1.54) is 16.7 Å². The van der Waals surface area contributed by atoms with Crippen molar-refractivity contribution < 1.29 is 8.42 Å². The second-order valence-corrected chi connectivity index (χ2v) is 9.73. The lowest BCUT2D eigenvalue weighted by molar-refractivity contribution is 0.218. The van der Waals surface area contributed by atoms with E-state index in [9.17, 15) is 8.42 Å². The molecule has 4 nitrogen and oxygen atoms in total. The molecule has 1 fully saturated rings. The fraction of sp³-hybridized carbons (Fsp3) is 0.429. The Morgan fingerprint density at radius 3 is 2.23 bits per heavy atom. The van der Waals surface area contributed by atoms with Gasteiger partial charge < -0.3 is 4.90 Å². The predicted molar refractivity (Wildman–Crippen MR) is 108 cm³/mol. The minimum Gasteiger partial charge on any atom is -0.305 e. The number of likely N-dealkylation sites (tertiary alicyclic amines) is 1. The highest BCUT2D eigenvalue weighted by Gasteiger charge is 2.32. The number of sulfonamides is 1. The van der Waals surface area contributed by atoms with Gasteiger partial charge in [-0.1, -0.05) is 54.6 Å². The van der Waals surface area contributed by atoms with Crippen molar-refractivity contribution in [3.8, 4) is 11.1 Å². The van der Waals surface area contributed by atoms with Gasteiger partial charge in [0.2, 0.25) is 10.0 Å². The van der Waals surface area contributed by atoms with Crippen molar-refractivity contribution in [2.24, 2.45) is 0 Å². The molecule has 0 saturated carbocycles. The first-order valence-electron chi connectivity index (χ1n) is 9.22. The Kier molecular flexibility index (Phi) is 5.80. The standard InChI is InChI=1S/C21H28N2O2S/c1-16(2)26(24,25)22-21-15-23(3)14-13-20(21)19-11-9-18(10-12-19)17-7-5-4-6-8-17/h4-12,16,20-22H,13-15H2,1-3H3/t20-,21-/m0/s1. The van der Waals surface area contributed by atoms with Crippen LogP contribution in [0.5, 0.6) is 0 Å². The lowest BCUT2D eigenvalue weighted by Crippen LogP contribution is -2.51. The van der Waals surface area contributed by atoms with Gasteiger partial charge in [0, 0.05) is 18.5 Å². The van der Waals surface area contributed by atoms with E-state index in [-0.39, 0.29) is 12.0 Å². The van der Waals surface area contributed by atoms with Crippen molar-refractivity contribution in [3.63, 3.8) is 0 Å². The van der Waals surface area contributed by atoms with Crippen LogP contribution in [0, 0.1) is 0 Å². The van der Waals surface area contributed by atoms with Gasteiger partial charge in [-0.15, -0.1) is 0 Å². The van der Waals surface area contributed by atoms with Gasteiger partial charge >= 0.3 is 0 Å². The van der Waals surface area contributed by atoms with Gasteiger partial charge in [0.1, 0.15) is 0 Å². The smallest absolute Gasteiger partial charge is 0.214 e. The Hall–Kier alpha value is -1.69. The molecule has 0 radical (unpaired) electrons. The maximum atomic E-state index is 12.4. The molecule has 0 aromatic heterocycles. The van der Waals surface area contributed by atoms with Crippen molar-refractivity contribution in [3.05, 3.63) is 60.2 Å². The van der Waals surface area contributed by atoms with Crippen LogP contribution >= 0.6 is 0 Å². The summed E-state index contributed by atoms with van der Waals surface area (Å²) in [5, 5.41) is -0.421. The molecule has 0 aliphatic carbocycles.